The minimum absolute atomic E-state index is 0.00843. The SMILES string of the molecule is CC[C@H](NC(=O)C1CCCN1C(=O)C(CC1=CCc2ccccc21)NC(=O)[C@H](CC(C)=O)NC(=O)CNC(=O)[C@H](CCCN=C(C)N)NC(=O)OCC1c2ccccc2-c2ccccc21)C(N)=O. The molecule has 0 radical (unpaired) electrons. The van der Waals surface area contributed by atoms with Gasteiger partial charge < -0.3 is 47.7 Å². The van der Waals surface area contributed by atoms with Crippen LogP contribution < -0.4 is 38.1 Å². The lowest BCUT2D eigenvalue weighted by Gasteiger charge is -2.30. The molecule has 18 heteroatoms. The topological polar surface area (TPSA) is 274 Å². The summed E-state index contributed by atoms with van der Waals surface area (Å²) in [6.07, 6.45) is 2.85. The van der Waals surface area contributed by atoms with Gasteiger partial charge in [0.25, 0.3) is 0 Å². The highest BCUT2D eigenvalue weighted by Gasteiger charge is 2.40. The summed E-state index contributed by atoms with van der Waals surface area (Å²) in [7, 11) is 0. The molecular formula is C50H61N9O9. The number of nitrogens with two attached hydrogens (primary N) is 2. The molecule has 9 N–H and O–H groups in total. The predicted octanol–water partition coefficient (Wildman–Crippen LogP) is 2.52. The standard InChI is InChI=1S/C50H61N9O9/c1-4-39(45(52)62)56-48(65)43-20-12-24-59(43)49(66)42(26-32-22-21-31-13-5-6-14-33(31)32)57-47(64)41(25-29(2)60)55-44(61)27-54-46(63)40(19-11-23-53-30(3)51)58-50(67)68-28-38-36-17-9-7-15-34(36)35-16-8-10-18-37(35)38/h5-10,13-18,22,38-43H,4,11-12,19-21,23-28H2,1-3H3,(H2,51,53)(H2,52,62)(H,54,63)(H,55,61)(H,56,65)(H,57,64)(H,58,67)/t39-,40-,41-,42?,43?/m0/s1. The van der Waals surface area contributed by atoms with Crippen molar-refractivity contribution in [1.82, 2.24) is 31.5 Å². The molecule has 0 bridgehead atoms. The van der Waals surface area contributed by atoms with E-state index in [-0.39, 0.29) is 44.9 Å². The van der Waals surface area contributed by atoms with Gasteiger partial charge in [0.15, 0.2) is 0 Å². The Hall–Kier alpha value is -7.37. The highest BCUT2D eigenvalue weighted by molar-refractivity contribution is 5.98. The second-order valence-corrected chi connectivity index (χ2v) is 17.3. The number of ketones is 1. The summed E-state index contributed by atoms with van der Waals surface area (Å²) in [5, 5.41) is 13.1. The van der Waals surface area contributed by atoms with E-state index < -0.39 is 90.5 Å². The van der Waals surface area contributed by atoms with Crippen LogP contribution in [0.2, 0.25) is 0 Å². The average Bonchev–Trinajstić information content (AvgIpc) is 4.06. The third kappa shape index (κ3) is 12.7. The van der Waals surface area contributed by atoms with E-state index in [1.165, 1.54) is 11.8 Å². The zero-order valence-electron chi connectivity index (χ0n) is 38.7. The van der Waals surface area contributed by atoms with Gasteiger partial charge in [0.1, 0.15) is 42.6 Å². The molecule has 0 spiro atoms. The zero-order valence-corrected chi connectivity index (χ0v) is 38.7. The average molecular weight is 932 g/mol. The number of nitrogens with one attached hydrogen (secondary N) is 5. The van der Waals surface area contributed by atoms with Crippen LogP contribution in [0.25, 0.3) is 16.7 Å². The van der Waals surface area contributed by atoms with Gasteiger partial charge in [-0.15, -0.1) is 0 Å². The van der Waals surface area contributed by atoms with Gasteiger partial charge in [-0.25, -0.2) is 4.79 Å². The molecule has 0 saturated carbocycles. The van der Waals surface area contributed by atoms with Gasteiger partial charge in [0.05, 0.1) is 12.4 Å². The fourth-order valence-corrected chi connectivity index (χ4v) is 9.02. The molecule has 0 aromatic heterocycles. The van der Waals surface area contributed by atoms with E-state index in [0.29, 0.717) is 31.5 Å². The number of amidine groups is 1. The quantitative estimate of drug-likeness (QED) is 0.0440. The fraction of sp³-hybridized carbons (Fsp3) is 0.420. The lowest BCUT2D eigenvalue weighted by Crippen LogP contribution is -2.58. The van der Waals surface area contributed by atoms with Gasteiger partial charge in [-0.1, -0.05) is 85.8 Å². The predicted molar refractivity (Wildman–Crippen MR) is 254 cm³/mol. The van der Waals surface area contributed by atoms with Crippen molar-refractivity contribution in [3.63, 3.8) is 0 Å². The molecule has 68 heavy (non-hydrogen) atoms. The monoisotopic (exact) mass is 931 g/mol. The first-order valence-corrected chi connectivity index (χ1v) is 23.1. The smallest absolute Gasteiger partial charge is 0.407 e. The fourth-order valence-electron chi connectivity index (χ4n) is 9.02. The normalized spacial score (nSPS) is 16.7. The van der Waals surface area contributed by atoms with Crippen molar-refractivity contribution in [2.24, 2.45) is 16.5 Å². The molecule has 3 aliphatic rings. The maximum atomic E-state index is 14.5. The number of nitrogens with zero attached hydrogens (tertiary/aromatic N) is 2. The molecule has 2 aliphatic carbocycles. The van der Waals surface area contributed by atoms with Crippen LogP contribution in [0.4, 0.5) is 4.79 Å². The maximum absolute atomic E-state index is 14.5. The molecule has 6 rings (SSSR count). The molecule has 1 heterocycles. The summed E-state index contributed by atoms with van der Waals surface area (Å²) in [6.45, 7) is 4.42. The first kappa shape index (κ1) is 50.1. The number of rotatable bonds is 22. The highest BCUT2D eigenvalue weighted by atomic mass is 16.5. The summed E-state index contributed by atoms with van der Waals surface area (Å²) in [6, 6.07) is 17.7. The van der Waals surface area contributed by atoms with Crippen molar-refractivity contribution < 1.29 is 43.1 Å². The number of amides is 7. The first-order valence-electron chi connectivity index (χ1n) is 23.1. The lowest BCUT2D eigenvalue weighted by molar-refractivity contribution is -0.142. The number of allylic oxidation sites excluding steroid dienone is 1. The van der Waals surface area contributed by atoms with Crippen LogP contribution in [0, 0.1) is 0 Å². The van der Waals surface area contributed by atoms with Crippen molar-refractivity contribution in [3.8, 4) is 11.1 Å². The maximum Gasteiger partial charge on any atom is 0.407 e. The van der Waals surface area contributed by atoms with Crippen molar-refractivity contribution in [1.29, 1.82) is 0 Å². The number of fused-ring (bicyclic) bond motifs is 4. The second-order valence-electron chi connectivity index (χ2n) is 17.3. The Labute approximate surface area is 395 Å². The van der Waals surface area contributed by atoms with Gasteiger partial charge in [-0.2, -0.15) is 0 Å². The number of likely N-dealkylation sites (tertiary alicyclic amines) is 1. The Morgan fingerprint density at radius 2 is 1.44 bits per heavy atom. The minimum atomic E-state index is -1.46. The van der Waals surface area contributed by atoms with Crippen LogP contribution in [-0.2, 0) is 44.7 Å². The van der Waals surface area contributed by atoms with E-state index in [2.05, 4.69) is 31.6 Å². The van der Waals surface area contributed by atoms with Crippen LogP contribution in [0.15, 0.2) is 83.9 Å². The van der Waals surface area contributed by atoms with Crippen LogP contribution >= 0.6 is 0 Å². The lowest BCUT2D eigenvalue weighted by atomic mass is 9.98. The van der Waals surface area contributed by atoms with Gasteiger partial charge in [-0.05, 0) is 91.3 Å². The molecule has 1 aliphatic heterocycles. The summed E-state index contributed by atoms with van der Waals surface area (Å²) in [4.78, 5) is 112. The van der Waals surface area contributed by atoms with Crippen LogP contribution in [0.3, 0.4) is 0 Å². The number of primary amides is 1. The van der Waals surface area contributed by atoms with E-state index >= 15 is 0 Å². The van der Waals surface area contributed by atoms with E-state index in [1.807, 2.05) is 78.9 Å². The van der Waals surface area contributed by atoms with Crippen LogP contribution in [-0.4, -0.2) is 115 Å². The number of alkyl carbamates (subject to hydrolysis) is 1. The molecule has 3 aromatic carbocycles. The number of carbonyl (C=O) groups is 8. The number of Topliss-reactive ketones (excluding diaryl/α,β-unsaturated/α-hetero) is 1. The molecule has 3 aromatic rings. The Balaban J connectivity index is 1.11. The zero-order chi connectivity index (χ0) is 48.9. The van der Waals surface area contributed by atoms with Crippen molar-refractivity contribution in [3.05, 3.63) is 101 Å². The van der Waals surface area contributed by atoms with Gasteiger partial charge in [0.2, 0.25) is 35.4 Å². The molecule has 1 fully saturated rings. The van der Waals surface area contributed by atoms with E-state index in [0.717, 1.165) is 39.0 Å². The molecular weight excluding hydrogens is 871 g/mol. The number of aliphatic imine (C=N–C) groups is 1. The summed E-state index contributed by atoms with van der Waals surface area (Å²) >= 11 is 0. The van der Waals surface area contributed by atoms with Crippen molar-refractivity contribution in [2.45, 2.75) is 108 Å². The third-order valence-corrected chi connectivity index (χ3v) is 12.4. The van der Waals surface area contributed by atoms with Crippen molar-refractivity contribution in [2.75, 3.05) is 26.2 Å². The Morgan fingerprint density at radius 3 is 2.09 bits per heavy atom. The number of benzene rings is 3. The Kier molecular flexibility index (Phi) is 17.2. The van der Waals surface area contributed by atoms with E-state index in [9.17, 15) is 38.4 Å². The largest absolute Gasteiger partial charge is 0.449 e. The molecule has 1 saturated heterocycles. The van der Waals surface area contributed by atoms with Gasteiger partial charge in [-0.3, -0.25) is 38.6 Å². The number of hydrogen-bond acceptors (Lipinski definition) is 10. The molecule has 18 nitrogen and oxygen atoms in total. The van der Waals surface area contributed by atoms with E-state index in [4.69, 9.17) is 16.2 Å². The molecule has 5 atom stereocenters. The highest BCUT2D eigenvalue weighted by Crippen LogP contribution is 2.44. The summed E-state index contributed by atoms with van der Waals surface area (Å²) in [5.74, 6) is -4.50. The van der Waals surface area contributed by atoms with Crippen molar-refractivity contribution >= 4 is 58.7 Å². The van der Waals surface area contributed by atoms with Crippen LogP contribution in [0.1, 0.15) is 93.9 Å². The minimum Gasteiger partial charge on any atom is -0.449 e. The Bertz CT molecular complexity index is 2420. The summed E-state index contributed by atoms with van der Waals surface area (Å²) in [5.41, 5.74) is 18.0. The number of ether oxygens (including phenoxy) is 1. The number of hydrogen-bond donors (Lipinski definition) is 7. The molecule has 2 unspecified atom stereocenters. The van der Waals surface area contributed by atoms with Gasteiger partial charge >= 0.3 is 6.09 Å². The second kappa shape index (κ2) is 23.4. The van der Waals surface area contributed by atoms with E-state index in [1.54, 1.807) is 13.8 Å². The Morgan fingerprint density at radius 1 is 0.779 bits per heavy atom. The third-order valence-electron chi connectivity index (χ3n) is 12.4. The number of carbonyl (C=O) groups excluding carboxylic acids is 8. The van der Waals surface area contributed by atoms with Crippen LogP contribution in [0.5, 0.6) is 0 Å². The molecule has 7 amide bonds. The first-order chi connectivity index (χ1) is 32.6. The van der Waals surface area contributed by atoms with Gasteiger partial charge in [0, 0.05) is 31.8 Å². The molecule has 360 valence electrons. The summed E-state index contributed by atoms with van der Waals surface area (Å²) < 4.78 is 5.69.